The first-order valence-corrected chi connectivity index (χ1v) is 6.55. The number of hydrogen-bond donors (Lipinski definition) is 1. The zero-order chi connectivity index (χ0) is 14.2. The van der Waals surface area contributed by atoms with E-state index in [1.807, 2.05) is 37.3 Å². The second kappa shape index (κ2) is 7.28. The maximum absolute atomic E-state index is 13.4. The Hall–Kier alpha value is -2.36. The van der Waals surface area contributed by atoms with Crippen molar-refractivity contribution >= 4 is 11.9 Å². The molecule has 104 valence electrons. The largest absolute Gasteiger partial charge is 0.493 e. The molecule has 0 bridgehead atoms. The van der Waals surface area contributed by atoms with Gasteiger partial charge in [-0.25, -0.2) is 4.39 Å². The fraction of sp³-hybridized carbons (Fsp3) is 0.188. The first-order valence-electron chi connectivity index (χ1n) is 6.55. The van der Waals surface area contributed by atoms with Gasteiger partial charge in [-0.15, -0.1) is 0 Å². The molecule has 20 heavy (non-hydrogen) atoms. The third kappa shape index (κ3) is 4.39. The van der Waals surface area contributed by atoms with E-state index >= 15 is 0 Å². The van der Waals surface area contributed by atoms with Crippen molar-refractivity contribution in [1.82, 2.24) is 0 Å². The number of hydrazone groups is 1. The molecule has 2 rings (SSSR count). The van der Waals surface area contributed by atoms with Crippen molar-refractivity contribution < 1.29 is 9.13 Å². The SMILES string of the molecule is CCCOc1cc(F)cc(C=NNc2ccccc2)c1. The van der Waals surface area contributed by atoms with Gasteiger partial charge in [0.15, 0.2) is 0 Å². The minimum absolute atomic E-state index is 0.334. The van der Waals surface area contributed by atoms with E-state index in [4.69, 9.17) is 4.74 Å². The summed E-state index contributed by atoms with van der Waals surface area (Å²) in [5.41, 5.74) is 4.41. The van der Waals surface area contributed by atoms with E-state index in [1.165, 1.54) is 12.1 Å². The van der Waals surface area contributed by atoms with Gasteiger partial charge in [0, 0.05) is 11.6 Å². The summed E-state index contributed by atoms with van der Waals surface area (Å²) in [6, 6.07) is 14.1. The fourth-order valence-electron chi connectivity index (χ4n) is 1.66. The van der Waals surface area contributed by atoms with Gasteiger partial charge in [-0.2, -0.15) is 5.10 Å². The Labute approximate surface area is 118 Å². The Morgan fingerprint density at radius 2 is 2.00 bits per heavy atom. The predicted octanol–water partition coefficient (Wildman–Crippen LogP) is 4.06. The van der Waals surface area contributed by atoms with E-state index in [0.29, 0.717) is 17.9 Å². The van der Waals surface area contributed by atoms with Crippen molar-refractivity contribution in [2.24, 2.45) is 5.10 Å². The molecule has 0 amide bonds. The van der Waals surface area contributed by atoms with E-state index in [2.05, 4.69) is 10.5 Å². The van der Waals surface area contributed by atoms with Crippen LogP contribution in [0.5, 0.6) is 5.75 Å². The number of hydrogen-bond acceptors (Lipinski definition) is 3. The smallest absolute Gasteiger partial charge is 0.127 e. The molecule has 0 spiro atoms. The molecule has 0 atom stereocenters. The minimum atomic E-state index is -0.334. The second-order valence-electron chi connectivity index (χ2n) is 4.30. The molecule has 0 aromatic heterocycles. The first kappa shape index (κ1) is 14.1. The summed E-state index contributed by atoms with van der Waals surface area (Å²) in [5.74, 6) is 0.188. The van der Waals surface area contributed by atoms with Crippen LogP contribution in [-0.4, -0.2) is 12.8 Å². The molecule has 4 heteroatoms. The monoisotopic (exact) mass is 272 g/mol. The topological polar surface area (TPSA) is 33.6 Å². The Bertz CT molecular complexity index is 570. The van der Waals surface area contributed by atoms with Crippen molar-refractivity contribution in [3.8, 4) is 5.75 Å². The van der Waals surface area contributed by atoms with Crippen molar-refractivity contribution in [1.29, 1.82) is 0 Å². The molecule has 1 N–H and O–H groups in total. The number of nitrogens with zero attached hydrogens (tertiary/aromatic N) is 1. The van der Waals surface area contributed by atoms with E-state index in [9.17, 15) is 4.39 Å². The van der Waals surface area contributed by atoms with Gasteiger partial charge < -0.3 is 4.74 Å². The van der Waals surface area contributed by atoms with Crippen LogP contribution in [0, 0.1) is 5.82 Å². The molecule has 0 aliphatic rings. The van der Waals surface area contributed by atoms with Gasteiger partial charge in [0.1, 0.15) is 11.6 Å². The average molecular weight is 272 g/mol. The lowest BCUT2D eigenvalue weighted by molar-refractivity contribution is 0.316. The number of ether oxygens (including phenoxy) is 1. The number of benzene rings is 2. The quantitative estimate of drug-likeness (QED) is 0.635. The molecular weight excluding hydrogens is 255 g/mol. The van der Waals surface area contributed by atoms with Crippen LogP contribution in [0.3, 0.4) is 0 Å². The molecule has 0 aliphatic carbocycles. The van der Waals surface area contributed by atoms with Gasteiger partial charge in [-0.1, -0.05) is 25.1 Å². The molecule has 0 heterocycles. The number of para-hydroxylation sites is 1. The lowest BCUT2D eigenvalue weighted by Crippen LogP contribution is -1.97. The summed E-state index contributed by atoms with van der Waals surface area (Å²) in [7, 11) is 0. The molecule has 0 saturated heterocycles. The molecule has 2 aromatic rings. The highest BCUT2D eigenvalue weighted by Gasteiger charge is 2.00. The summed E-state index contributed by atoms with van der Waals surface area (Å²) in [5, 5.41) is 4.08. The molecule has 0 fully saturated rings. The van der Waals surface area contributed by atoms with Crippen LogP contribution in [0.2, 0.25) is 0 Å². The highest BCUT2D eigenvalue weighted by atomic mass is 19.1. The maximum Gasteiger partial charge on any atom is 0.127 e. The van der Waals surface area contributed by atoms with E-state index < -0.39 is 0 Å². The van der Waals surface area contributed by atoms with Crippen LogP contribution in [0.1, 0.15) is 18.9 Å². The zero-order valence-corrected chi connectivity index (χ0v) is 11.3. The van der Waals surface area contributed by atoms with Gasteiger partial charge in [0.25, 0.3) is 0 Å². The van der Waals surface area contributed by atoms with Crippen LogP contribution in [0.4, 0.5) is 10.1 Å². The van der Waals surface area contributed by atoms with Crippen LogP contribution in [-0.2, 0) is 0 Å². The summed E-state index contributed by atoms with van der Waals surface area (Å²) < 4.78 is 18.9. The third-order valence-corrected chi connectivity index (χ3v) is 2.55. The van der Waals surface area contributed by atoms with E-state index in [-0.39, 0.29) is 5.82 Å². The number of nitrogens with one attached hydrogen (secondary N) is 1. The van der Waals surface area contributed by atoms with Crippen LogP contribution in [0.25, 0.3) is 0 Å². The maximum atomic E-state index is 13.4. The van der Waals surface area contributed by atoms with Gasteiger partial charge >= 0.3 is 0 Å². The Morgan fingerprint density at radius 3 is 2.75 bits per heavy atom. The highest BCUT2D eigenvalue weighted by Crippen LogP contribution is 2.15. The Balaban J connectivity index is 2.03. The van der Waals surface area contributed by atoms with E-state index in [1.54, 1.807) is 12.3 Å². The van der Waals surface area contributed by atoms with Gasteiger partial charge in [0.05, 0.1) is 18.5 Å². The first-order chi connectivity index (χ1) is 9.78. The molecule has 0 radical (unpaired) electrons. The third-order valence-electron chi connectivity index (χ3n) is 2.55. The Kier molecular flexibility index (Phi) is 5.12. The number of anilines is 1. The van der Waals surface area contributed by atoms with E-state index in [0.717, 1.165) is 12.1 Å². The van der Waals surface area contributed by atoms with Gasteiger partial charge in [-0.05, 0) is 30.7 Å². The molecule has 3 nitrogen and oxygen atoms in total. The highest BCUT2D eigenvalue weighted by molar-refractivity contribution is 5.80. The van der Waals surface area contributed by atoms with Gasteiger partial charge in [0.2, 0.25) is 0 Å². The van der Waals surface area contributed by atoms with Crippen molar-refractivity contribution in [2.45, 2.75) is 13.3 Å². The summed E-state index contributed by atoms with van der Waals surface area (Å²) >= 11 is 0. The standard InChI is InChI=1S/C16H17FN2O/c1-2-8-20-16-10-13(9-14(17)11-16)12-18-19-15-6-4-3-5-7-15/h3-7,9-12,19H,2,8H2,1H3. The zero-order valence-electron chi connectivity index (χ0n) is 11.3. The minimum Gasteiger partial charge on any atom is -0.493 e. The lowest BCUT2D eigenvalue weighted by atomic mass is 10.2. The number of rotatable bonds is 6. The molecule has 0 saturated carbocycles. The molecule has 0 aliphatic heterocycles. The predicted molar refractivity (Wildman–Crippen MR) is 79.8 cm³/mol. The number of halogens is 1. The second-order valence-corrected chi connectivity index (χ2v) is 4.30. The van der Waals surface area contributed by atoms with Crippen LogP contribution >= 0.6 is 0 Å². The summed E-state index contributed by atoms with van der Waals surface area (Å²) in [4.78, 5) is 0. The van der Waals surface area contributed by atoms with Crippen LogP contribution in [0.15, 0.2) is 53.6 Å². The molecular formula is C16H17FN2O. The Morgan fingerprint density at radius 1 is 1.20 bits per heavy atom. The average Bonchev–Trinajstić information content (AvgIpc) is 2.46. The normalized spacial score (nSPS) is 10.7. The fourth-order valence-corrected chi connectivity index (χ4v) is 1.66. The summed E-state index contributed by atoms with van der Waals surface area (Å²) in [6.45, 7) is 2.58. The lowest BCUT2D eigenvalue weighted by Gasteiger charge is -2.05. The molecule has 2 aromatic carbocycles. The summed E-state index contributed by atoms with van der Waals surface area (Å²) in [6.07, 6.45) is 2.45. The van der Waals surface area contributed by atoms with Crippen molar-refractivity contribution in [3.63, 3.8) is 0 Å². The van der Waals surface area contributed by atoms with Gasteiger partial charge in [-0.3, -0.25) is 5.43 Å². The van der Waals surface area contributed by atoms with Crippen molar-refractivity contribution in [2.75, 3.05) is 12.0 Å². The van der Waals surface area contributed by atoms with Crippen LogP contribution < -0.4 is 10.2 Å². The molecule has 0 unspecified atom stereocenters. The van der Waals surface area contributed by atoms with Crippen molar-refractivity contribution in [3.05, 3.63) is 59.9 Å².